The molecule has 0 aliphatic carbocycles. The minimum Gasteiger partial charge on any atom is -0.399 e. The summed E-state index contributed by atoms with van der Waals surface area (Å²) in [6, 6.07) is 8.33. The summed E-state index contributed by atoms with van der Waals surface area (Å²) in [5.74, 6) is 0.851. The maximum Gasteiger partial charge on any atom is 0.0314 e. The molecule has 2 heteroatoms. The lowest BCUT2D eigenvalue weighted by atomic mass is 9.93. The van der Waals surface area contributed by atoms with Gasteiger partial charge in [0, 0.05) is 5.69 Å². The number of hydrogen-bond acceptors (Lipinski definition) is 2. The van der Waals surface area contributed by atoms with Crippen LogP contribution in [0, 0.1) is 5.92 Å². The fraction of sp³-hybridized carbons (Fsp3) is 0.538. The molecule has 0 spiro atoms. The van der Waals surface area contributed by atoms with Gasteiger partial charge < -0.3 is 11.1 Å². The molecule has 3 N–H and O–H groups in total. The van der Waals surface area contributed by atoms with Gasteiger partial charge >= 0.3 is 0 Å². The molecule has 1 aliphatic rings. The second kappa shape index (κ2) is 5.17. The van der Waals surface area contributed by atoms with Gasteiger partial charge in [-0.05, 0) is 62.4 Å². The first kappa shape index (κ1) is 10.5. The van der Waals surface area contributed by atoms with E-state index in [1.54, 1.807) is 0 Å². The van der Waals surface area contributed by atoms with E-state index in [9.17, 15) is 0 Å². The predicted molar refractivity (Wildman–Crippen MR) is 64.8 cm³/mol. The SMILES string of the molecule is Nc1ccc(CC2CCCNCC2)cc1. The third-order valence-corrected chi connectivity index (χ3v) is 3.20. The molecular weight excluding hydrogens is 184 g/mol. The Morgan fingerprint density at radius 3 is 2.73 bits per heavy atom. The number of anilines is 1. The highest BCUT2D eigenvalue weighted by molar-refractivity contribution is 5.39. The van der Waals surface area contributed by atoms with Gasteiger partial charge in [-0.15, -0.1) is 0 Å². The zero-order valence-electron chi connectivity index (χ0n) is 9.21. The van der Waals surface area contributed by atoms with E-state index in [1.807, 2.05) is 12.1 Å². The van der Waals surface area contributed by atoms with Crippen molar-refractivity contribution < 1.29 is 0 Å². The molecule has 1 aliphatic heterocycles. The summed E-state index contributed by atoms with van der Waals surface area (Å²) >= 11 is 0. The summed E-state index contributed by atoms with van der Waals surface area (Å²) in [7, 11) is 0. The number of benzene rings is 1. The predicted octanol–water partition coefficient (Wildman–Crippen LogP) is 2.20. The smallest absolute Gasteiger partial charge is 0.0314 e. The van der Waals surface area contributed by atoms with Crippen molar-refractivity contribution in [1.29, 1.82) is 0 Å². The Morgan fingerprint density at radius 2 is 1.93 bits per heavy atom. The average Bonchev–Trinajstić information content (AvgIpc) is 2.50. The third kappa shape index (κ3) is 3.24. The van der Waals surface area contributed by atoms with Gasteiger partial charge in [0.15, 0.2) is 0 Å². The van der Waals surface area contributed by atoms with Crippen LogP contribution >= 0.6 is 0 Å². The van der Waals surface area contributed by atoms with Crippen molar-refractivity contribution in [2.24, 2.45) is 5.92 Å². The van der Waals surface area contributed by atoms with Crippen LogP contribution in [0.3, 0.4) is 0 Å². The Balaban J connectivity index is 1.92. The lowest BCUT2D eigenvalue weighted by Gasteiger charge is -2.13. The molecule has 2 nitrogen and oxygen atoms in total. The lowest BCUT2D eigenvalue weighted by molar-refractivity contribution is 0.470. The number of nitrogens with one attached hydrogen (secondary N) is 1. The molecule has 1 fully saturated rings. The number of nitrogen functional groups attached to an aromatic ring is 1. The first-order valence-electron chi connectivity index (χ1n) is 5.90. The minimum absolute atomic E-state index is 0.851. The van der Waals surface area contributed by atoms with Gasteiger partial charge in [-0.25, -0.2) is 0 Å². The van der Waals surface area contributed by atoms with Crippen molar-refractivity contribution in [2.45, 2.75) is 25.7 Å². The van der Waals surface area contributed by atoms with E-state index in [-0.39, 0.29) is 0 Å². The molecule has 0 aromatic heterocycles. The molecule has 2 rings (SSSR count). The van der Waals surface area contributed by atoms with Crippen molar-refractivity contribution in [2.75, 3.05) is 18.8 Å². The molecule has 0 bridgehead atoms. The van der Waals surface area contributed by atoms with E-state index < -0.39 is 0 Å². The van der Waals surface area contributed by atoms with Gasteiger partial charge in [0.05, 0.1) is 0 Å². The third-order valence-electron chi connectivity index (χ3n) is 3.20. The fourth-order valence-electron chi connectivity index (χ4n) is 2.28. The molecule has 1 unspecified atom stereocenters. The Morgan fingerprint density at radius 1 is 1.13 bits per heavy atom. The number of rotatable bonds is 2. The van der Waals surface area contributed by atoms with E-state index in [1.165, 1.54) is 44.3 Å². The van der Waals surface area contributed by atoms with Gasteiger partial charge in [0.25, 0.3) is 0 Å². The molecule has 0 radical (unpaired) electrons. The second-order valence-electron chi connectivity index (χ2n) is 4.49. The van der Waals surface area contributed by atoms with Crippen LogP contribution in [0.5, 0.6) is 0 Å². The molecule has 0 amide bonds. The maximum atomic E-state index is 5.67. The van der Waals surface area contributed by atoms with Crippen LogP contribution in [0.2, 0.25) is 0 Å². The summed E-state index contributed by atoms with van der Waals surface area (Å²) in [4.78, 5) is 0. The summed E-state index contributed by atoms with van der Waals surface area (Å²) in [5.41, 5.74) is 7.96. The maximum absolute atomic E-state index is 5.67. The normalized spacial score (nSPS) is 22.3. The first-order chi connectivity index (χ1) is 7.34. The summed E-state index contributed by atoms with van der Waals surface area (Å²) in [6.45, 7) is 2.37. The Bertz CT molecular complexity index is 284. The highest BCUT2D eigenvalue weighted by atomic mass is 14.8. The summed E-state index contributed by atoms with van der Waals surface area (Å²) in [6.07, 6.45) is 5.20. The second-order valence-corrected chi connectivity index (χ2v) is 4.49. The Labute approximate surface area is 91.9 Å². The van der Waals surface area contributed by atoms with Gasteiger partial charge in [0.1, 0.15) is 0 Å². The van der Waals surface area contributed by atoms with Gasteiger partial charge in [0.2, 0.25) is 0 Å². The van der Waals surface area contributed by atoms with Gasteiger partial charge in [-0.1, -0.05) is 12.1 Å². The monoisotopic (exact) mass is 204 g/mol. The molecular formula is C13H20N2. The summed E-state index contributed by atoms with van der Waals surface area (Å²) in [5, 5.41) is 3.45. The molecule has 1 atom stereocenters. The standard InChI is InChI=1S/C13H20N2/c14-13-5-3-12(4-6-13)10-11-2-1-8-15-9-7-11/h3-6,11,15H,1-2,7-10,14H2. The Kier molecular flexibility index (Phi) is 3.62. The van der Waals surface area contributed by atoms with E-state index in [0.717, 1.165) is 11.6 Å². The quantitative estimate of drug-likeness (QED) is 0.725. The van der Waals surface area contributed by atoms with Crippen LogP contribution in [-0.2, 0) is 6.42 Å². The zero-order valence-corrected chi connectivity index (χ0v) is 9.21. The van der Waals surface area contributed by atoms with Gasteiger partial charge in [-0.3, -0.25) is 0 Å². The minimum atomic E-state index is 0.851. The molecule has 0 saturated carbocycles. The molecule has 1 heterocycles. The summed E-state index contributed by atoms with van der Waals surface area (Å²) < 4.78 is 0. The van der Waals surface area contributed by atoms with E-state index >= 15 is 0 Å². The van der Waals surface area contributed by atoms with Crippen molar-refractivity contribution in [3.63, 3.8) is 0 Å². The highest BCUT2D eigenvalue weighted by Gasteiger charge is 2.12. The highest BCUT2D eigenvalue weighted by Crippen LogP contribution is 2.19. The first-order valence-corrected chi connectivity index (χ1v) is 5.90. The molecule has 1 aromatic rings. The van der Waals surface area contributed by atoms with E-state index in [2.05, 4.69) is 17.4 Å². The van der Waals surface area contributed by atoms with Crippen molar-refractivity contribution in [3.05, 3.63) is 29.8 Å². The fourth-order valence-corrected chi connectivity index (χ4v) is 2.28. The van der Waals surface area contributed by atoms with Crippen LogP contribution < -0.4 is 11.1 Å². The van der Waals surface area contributed by atoms with Crippen molar-refractivity contribution in [1.82, 2.24) is 5.32 Å². The van der Waals surface area contributed by atoms with Crippen molar-refractivity contribution >= 4 is 5.69 Å². The van der Waals surface area contributed by atoms with Crippen LogP contribution in [0.25, 0.3) is 0 Å². The number of hydrogen-bond donors (Lipinski definition) is 2. The zero-order chi connectivity index (χ0) is 10.5. The molecule has 1 saturated heterocycles. The topological polar surface area (TPSA) is 38.0 Å². The van der Waals surface area contributed by atoms with Crippen LogP contribution in [-0.4, -0.2) is 13.1 Å². The molecule has 1 aromatic carbocycles. The van der Waals surface area contributed by atoms with Crippen LogP contribution in [0.4, 0.5) is 5.69 Å². The average molecular weight is 204 g/mol. The van der Waals surface area contributed by atoms with Crippen LogP contribution in [0.15, 0.2) is 24.3 Å². The van der Waals surface area contributed by atoms with Crippen molar-refractivity contribution in [3.8, 4) is 0 Å². The largest absolute Gasteiger partial charge is 0.399 e. The van der Waals surface area contributed by atoms with Crippen LogP contribution in [0.1, 0.15) is 24.8 Å². The van der Waals surface area contributed by atoms with E-state index in [0.29, 0.717) is 0 Å². The Hall–Kier alpha value is -1.02. The molecule has 82 valence electrons. The van der Waals surface area contributed by atoms with Gasteiger partial charge in [-0.2, -0.15) is 0 Å². The van der Waals surface area contributed by atoms with E-state index in [4.69, 9.17) is 5.73 Å². The molecule has 15 heavy (non-hydrogen) atoms. The lowest BCUT2D eigenvalue weighted by Crippen LogP contribution is -2.14. The number of nitrogens with two attached hydrogens (primary N) is 1.